The number of amides is 1. The topological polar surface area (TPSA) is 54.0 Å². The second-order valence-corrected chi connectivity index (χ2v) is 7.44. The van der Waals surface area contributed by atoms with E-state index < -0.39 is 0 Å². The molecule has 1 amide bonds. The van der Waals surface area contributed by atoms with Crippen molar-refractivity contribution in [2.45, 2.75) is 19.5 Å². The van der Waals surface area contributed by atoms with Crippen LogP contribution in [0.15, 0.2) is 48.5 Å². The zero-order chi connectivity index (χ0) is 19.3. The maximum atomic E-state index is 12.4. The van der Waals surface area contributed by atoms with E-state index in [1.54, 1.807) is 0 Å². The number of nitrogens with one attached hydrogen (secondary N) is 1. The van der Waals surface area contributed by atoms with Crippen LogP contribution in [0.3, 0.4) is 0 Å². The molecule has 1 N–H and O–H groups in total. The van der Waals surface area contributed by atoms with Crippen molar-refractivity contribution in [3.63, 3.8) is 0 Å². The van der Waals surface area contributed by atoms with Gasteiger partial charge < -0.3 is 14.8 Å². The molecule has 4 rings (SSSR count). The SMILES string of the molecule is CC(NC(=O)CN1CCN(Cc2ccc3c(c2)OCO3)CC1)c1ccccc1. The fraction of sp³-hybridized carbons (Fsp3) is 0.409. The second-order valence-electron chi connectivity index (χ2n) is 7.44. The molecule has 0 aliphatic carbocycles. The Bertz CT molecular complexity index is 804. The van der Waals surface area contributed by atoms with E-state index in [1.165, 1.54) is 5.56 Å². The molecule has 0 saturated carbocycles. The first-order chi connectivity index (χ1) is 13.7. The quantitative estimate of drug-likeness (QED) is 0.833. The number of hydrogen-bond donors (Lipinski definition) is 1. The van der Waals surface area contributed by atoms with Gasteiger partial charge in [-0.05, 0) is 30.2 Å². The molecule has 0 spiro atoms. The van der Waals surface area contributed by atoms with Crippen LogP contribution in [-0.2, 0) is 11.3 Å². The minimum atomic E-state index is 0.0287. The van der Waals surface area contributed by atoms with Gasteiger partial charge in [-0.1, -0.05) is 36.4 Å². The van der Waals surface area contributed by atoms with Crippen molar-refractivity contribution >= 4 is 5.91 Å². The molecular formula is C22H27N3O3. The van der Waals surface area contributed by atoms with Crippen LogP contribution in [0.2, 0.25) is 0 Å². The fourth-order valence-electron chi connectivity index (χ4n) is 3.72. The Kier molecular flexibility index (Phi) is 5.78. The van der Waals surface area contributed by atoms with E-state index in [9.17, 15) is 4.79 Å². The predicted molar refractivity (Wildman–Crippen MR) is 107 cm³/mol. The van der Waals surface area contributed by atoms with E-state index in [1.807, 2.05) is 43.3 Å². The minimum absolute atomic E-state index is 0.0287. The Balaban J connectivity index is 1.21. The second kappa shape index (κ2) is 8.63. The molecule has 2 aliphatic rings. The molecular weight excluding hydrogens is 354 g/mol. The molecule has 2 aliphatic heterocycles. The molecule has 2 heterocycles. The first-order valence-electron chi connectivity index (χ1n) is 9.85. The van der Waals surface area contributed by atoms with Crippen LogP contribution in [-0.4, -0.2) is 55.2 Å². The minimum Gasteiger partial charge on any atom is -0.454 e. The monoisotopic (exact) mass is 381 g/mol. The third-order valence-corrected chi connectivity index (χ3v) is 5.35. The highest BCUT2D eigenvalue weighted by molar-refractivity contribution is 5.78. The molecule has 1 saturated heterocycles. The summed E-state index contributed by atoms with van der Waals surface area (Å²) >= 11 is 0. The lowest BCUT2D eigenvalue weighted by atomic mass is 10.1. The van der Waals surface area contributed by atoms with Gasteiger partial charge in [0.05, 0.1) is 12.6 Å². The molecule has 0 bridgehead atoms. The fourth-order valence-corrected chi connectivity index (χ4v) is 3.72. The highest BCUT2D eigenvalue weighted by Gasteiger charge is 2.21. The molecule has 1 unspecified atom stereocenters. The van der Waals surface area contributed by atoms with Gasteiger partial charge in [-0.2, -0.15) is 0 Å². The van der Waals surface area contributed by atoms with Crippen LogP contribution in [0.1, 0.15) is 24.1 Å². The third-order valence-electron chi connectivity index (χ3n) is 5.35. The third kappa shape index (κ3) is 4.64. The van der Waals surface area contributed by atoms with Crippen LogP contribution < -0.4 is 14.8 Å². The Morgan fingerprint density at radius 3 is 2.50 bits per heavy atom. The molecule has 1 atom stereocenters. The predicted octanol–water partition coefficient (Wildman–Crippen LogP) is 2.41. The van der Waals surface area contributed by atoms with E-state index in [-0.39, 0.29) is 11.9 Å². The zero-order valence-corrected chi connectivity index (χ0v) is 16.3. The summed E-state index contributed by atoms with van der Waals surface area (Å²) in [6.07, 6.45) is 0. The van der Waals surface area contributed by atoms with Crippen LogP contribution in [0.25, 0.3) is 0 Å². The van der Waals surface area contributed by atoms with E-state index in [0.717, 1.165) is 49.8 Å². The van der Waals surface area contributed by atoms with E-state index in [4.69, 9.17) is 9.47 Å². The molecule has 28 heavy (non-hydrogen) atoms. The standard InChI is InChI=1S/C22H27N3O3/c1-17(19-5-3-2-4-6-19)23-22(26)15-25-11-9-24(10-12-25)14-18-7-8-20-21(13-18)28-16-27-20/h2-8,13,17H,9-12,14-16H2,1H3,(H,23,26). The Morgan fingerprint density at radius 1 is 1.00 bits per heavy atom. The van der Waals surface area contributed by atoms with E-state index in [2.05, 4.69) is 27.2 Å². The van der Waals surface area contributed by atoms with Crippen molar-refractivity contribution in [2.24, 2.45) is 0 Å². The lowest BCUT2D eigenvalue weighted by molar-refractivity contribution is -0.123. The number of benzene rings is 2. The Labute approximate surface area is 166 Å². The summed E-state index contributed by atoms with van der Waals surface area (Å²) in [5.41, 5.74) is 2.36. The zero-order valence-electron chi connectivity index (χ0n) is 16.3. The maximum Gasteiger partial charge on any atom is 0.234 e. The van der Waals surface area contributed by atoms with Crippen molar-refractivity contribution in [3.8, 4) is 11.5 Å². The molecule has 6 nitrogen and oxygen atoms in total. The largest absolute Gasteiger partial charge is 0.454 e. The molecule has 2 aromatic rings. The van der Waals surface area contributed by atoms with Crippen molar-refractivity contribution in [1.29, 1.82) is 0 Å². The lowest BCUT2D eigenvalue weighted by Gasteiger charge is -2.34. The average Bonchev–Trinajstić information content (AvgIpc) is 3.18. The summed E-state index contributed by atoms with van der Waals surface area (Å²) in [5, 5.41) is 3.10. The Morgan fingerprint density at radius 2 is 1.71 bits per heavy atom. The molecule has 148 valence electrons. The lowest BCUT2D eigenvalue weighted by Crippen LogP contribution is -2.49. The number of piperazine rings is 1. The summed E-state index contributed by atoms with van der Waals surface area (Å²) in [6, 6.07) is 16.2. The van der Waals surface area contributed by atoms with Gasteiger partial charge in [-0.3, -0.25) is 14.6 Å². The summed E-state index contributed by atoms with van der Waals surface area (Å²) in [7, 11) is 0. The highest BCUT2D eigenvalue weighted by atomic mass is 16.7. The number of rotatable bonds is 6. The van der Waals surface area contributed by atoms with Gasteiger partial charge >= 0.3 is 0 Å². The summed E-state index contributed by atoms with van der Waals surface area (Å²) in [5.74, 6) is 1.74. The summed E-state index contributed by atoms with van der Waals surface area (Å²) in [4.78, 5) is 17.0. The molecule has 0 aromatic heterocycles. The highest BCUT2D eigenvalue weighted by Crippen LogP contribution is 2.32. The first-order valence-corrected chi connectivity index (χ1v) is 9.85. The number of hydrogen-bond acceptors (Lipinski definition) is 5. The smallest absolute Gasteiger partial charge is 0.234 e. The summed E-state index contributed by atoms with van der Waals surface area (Å²) < 4.78 is 10.8. The molecule has 6 heteroatoms. The number of carbonyl (C=O) groups is 1. The van der Waals surface area contributed by atoms with E-state index in [0.29, 0.717) is 13.3 Å². The summed E-state index contributed by atoms with van der Waals surface area (Å²) in [6.45, 7) is 7.39. The van der Waals surface area contributed by atoms with Crippen LogP contribution >= 0.6 is 0 Å². The van der Waals surface area contributed by atoms with Crippen molar-refractivity contribution in [3.05, 3.63) is 59.7 Å². The average molecular weight is 381 g/mol. The molecule has 0 radical (unpaired) electrons. The maximum absolute atomic E-state index is 12.4. The Hall–Kier alpha value is -2.57. The van der Waals surface area contributed by atoms with Crippen molar-refractivity contribution < 1.29 is 14.3 Å². The molecule has 2 aromatic carbocycles. The van der Waals surface area contributed by atoms with Crippen LogP contribution in [0, 0.1) is 0 Å². The van der Waals surface area contributed by atoms with Gasteiger partial charge in [-0.25, -0.2) is 0 Å². The van der Waals surface area contributed by atoms with Crippen molar-refractivity contribution in [1.82, 2.24) is 15.1 Å². The molecule has 1 fully saturated rings. The first kappa shape index (κ1) is 18.8. The van der Waals surface area contributed by atoms with Crippen LogP contribution in [0.4, 0.5) is 0 Å². The van der Waals surface area contributed by atoms with Gasteiger partial charge in [0.2, 0.25) is 12.7 Å². The number of nitrogens with zero attached hydrogens (tertiary/aromatic N) is 2. The van der Waals surface area contributed by atoms with Crippen LogP contribution in [0.5, 0.6) is 11.5 Å². The van der Waals surface area contributed by atoms with Gasteiger partial charge in [0.15, 0.2) is 11.5 Å². The van der Waals surface area contributed by atoms with Gasteiger partial charge in [0.1, 0.15) is 0 Å². The van der Waals surface area contributed by atoms with Gasteiger partial charge in [-0.15, -0.1) is 0 Å². The number of fused-ring (bicyclic) bond motifs is 1. The number of carbonyl (C=O) groups excluding carboxylic acids is 1. The van der Waals surface area contributed by atoms with Gasteiger partial charge in [0.25, 0.3) is 0 Å². The van der Waals surface area contributed by atoms with E-state index >= 15 is 0 Å². The normalized spacial score (nSPS) is 18.0. The number of ether oxygens (including phenoxy) is 2. The van der Waals surface area contributed by atoms with Gasteiger partial charge in [0, 0.05) is 32.7 Å². The van der Waals surface area contributed by atoms with Crippen molar-refractivity contribution in [2.75, 3.05) is 39.5 Å².